The number of hydrogen-bond donors (Lipinski definition) is 0. The van der Waals surface area contributed by atoms with E-state index in [1.807, 2.05) is 18.3 Å². The minimum Gasteiger partial charge on any atom is -0.292 e. The summed E-state index contributed by atoms with van der Waals surface area (Å²) in [6.07, 6.45) is 1.92. The van der Waals surface area contributed by atoms with E-state index >= 15 is 0 Å². The van der Waals surface area contributed by atoms with Gasteiger partial charge in [0, 0.05) is 34.2 Å². The number of benzene rings is 10. The second-order valence-electron chi connectivity index (χ2n) is 20.6. The van der Waals surface area contributed by atoms with E-state index in [-0.39, 0.29) is 5.41 Å². The van der Waals surface area contributed by atoms with Gasteiger partial charge in [-0.25, -0.2) is 15.0 Å². The van der Waals surface area contributed by atoms with Gasteiger partial charge < -0.3 is 0 Å². The number of aromatic nitrogens is 5. The van der Waals surface area contributed by atoms with E-state index in [1.165, 1.54) is 54.6 Å². The van der Waals surface area contributed by atoms with Crippen molar-refractivity contribution in [1.29, 1.82) is 0 Å². The van der Waals surface area contributed by atoms with Crippen LogP contribution in [0.4, 0.5) is 0 Å². The molecular weight excluding hydrogens is 923 g/mol. The molecule has 0 unspecified atom stereocenters. The zero-order valence-corrected chi connectivity index (χ0v) is 41.9. The molecule has 4 heterocycles. The van der Waals surface area contributed by atoms with E-state index < -0.39 is 0 Å². The van der Waals surface area contributed by atoms with Crippen molar-refractivity contribution in [1.82, 2.24) is 24.5 Å². The highest BCUT2D eigenvalue weighted by Crippen LogP contribution is 2.55. The zero-order valence-electron chi connectivity index (χ0n) is 41.9. The summed E-state index contributed by atoms with van der Waals surface area (Å²) in [5.41, 5.74) is 18.5. The SMILES string of the molecule is CC1(C)c2cc3c4ccccc4c4ccccc4c3cc2-c2c1ccc1c2c2ncccc2n1-c1cc(-c2cc(-c3ccccc3)cc(-c3ccccc3)n2)nc(-c2cc(-c3ccccc3)cc(-c3ccccc3)c2)n1. The van der Waals surface area contributed by atoms with E-state index in [4.69, 9.17) is 19.9 Å². The lowest BCUT2D eigenvalue weighted by atomic mass is 9.81. The molecule has 5 nitrogen and oxygen atoms in total. The molecule has 10 aromatic carbocycles. The summed E-state index contributed by atoms with van der Waals surface area (Å²) in [6.45, 7) is 4.75. The topological polar surface area (TPSA) is 56.5 Å². The minimum absolute atomic E-state index is 0.287. The molecule has 1 aliphatic rings. The largest absolute Gasteiger partial charge is 0.292 e. The lowest BCUT2D eigenvalue weighted by molar-refractivity contribution is 0.661. The molecule has 0 saturated heterocycles. The van der Waals surface area contributed by atoms with Crippen LogP contribution in [0.2, 0.25) is 0 Å². The van der Waals surface area contributed by atoms with Gasteiger partial charge in [0.25, 0.3) is 0 Å². The van der Waals surface area contributed by atoms with Gasteiger partial charge in [0.1, 0.15) is 5.82 Å². The maximum absolute atomic E-state index is 5.67. The number of rotatable bonds is 7. The smallest absolute Gasteiger partial charge is 0.162 e. The summed E-state index contributed by atoms with van der Waals surface area (Å²) >= 11 is 0. The molecule has 15 rings (SSSR count). The second kappa shape index (κ2) is 17.1. The minimum atomic E-state index is -0.287. The fourth-order valence-electron chi connectivity index (χ4n) is 12.2. The monoisotopic (exact) mass is 969 g/mol. The van der Waals surface area contributed by atoms with Crippen molar-refractivity contribution in [3.8, 4) is 84.4 Å². The van der Waals surface area contributed by atoms with Gasteiger partial charge in [0.05, 0.1) is 33.6 Å². The molecule has 0 spiro atoms. The van der Waals surface area contributed by atoms with Crippen LogP contribution in [0.25, 0.3) is 139 Å². The van der Waals surface area contributed by atoms with Crippen molar-refractivity contribution in [2.24, 2.45) is 0 Å². The zero-order chi connectivity index (χ0) is 50.5. The van der Waals surface area contributed by atoms with Gasteiger partial charge in [-0.2, -0.15) is 0 Å². The van der Waals surface area contributed by atoms with E-state index in [1.54, 1.807) is 0 Å². The second-order valence-corrected chi connectivity index (χ2v) is 20.6. The molecule has 0 saturated carbocycles. The Labute approximate surface area is 440 Å². The van der Waals surface area contributed by atoms with Crippen LogP contribution in [0.5, 0.6) is 0 Å². The quantitative estimate of drug-likeness (QED) is 0.149. The molecular formula is C71H47N5. The van der Waals surface area contributed by atoms with E-state index in [0.717, 1.165) is 83.6 Å². The van der Waals surface area contributed by atoms with Crippen LogP contribution in [-0.2, 0) is 5.41 Å². The van der Waals surface area contributed by atoms with E-state index in [2.05, 4.69) is 249 Å². The molecule has 4 aromatic heterocycles. The Morgan fingerprint density at radius 3 is 1.45 bits per heavy atom. The molecule has 5 heteroatoms. The van der Waals surface area contributed by atoms with Crippen LogP contribution in [-0.4, -0.2) is 24.5 Å². The number of fused-ring (bicyclic) bond motifs is 13. The maximum atomic E-state index is 5.67. The Morgan fingerprint density at radius 2 is 0.842 bits per heavy atom. The van der Waals surface area contributed by atoms with E-state index in [0.29, 0.717) is 11.5 Å². The molecule has 0 bridgehead atoms. The number of nitrogens with zero attached hydrogens (tertiary/aromatic N) is 5. The Bertz CT molecular complexity index is 4380. The van der Waals surface area contributed by atoms with Crippen LogP contribution < -0.4 is 0 Å². The van der Waals surface area contributed by atoms with Crippen molar-refractivity contribution < 1.29 is 0 Å². The lowest BCUT2D eigenvalue weighted by Crippen LogP contribution is -2.15. The molecule has 0 fully saturated rings. The van der Waals surface area contributed by atoms with Gasteiger partial charge in [-0.05, 0) is 149 Å². The Hall–Kier alpha value is -9.84. The number of pyridine rings is 2. The highest BCUT2D eigenvalue weighted by atomic mass is 15.1. The predicted molar refractivity (Wildman–Crippen MR) is 315 cm³/mol. The Kier molecular flexibility index (Phi) is 9.85. The predicted octanol–water partition coefficient (Wildman–Crippen LogP) is 18.1. The molecule has 0 aliphatic heterocycles. The van der Waals surface area contributed by atoms with Crippen LogP contribution in [0.15, 0.2) is 249 Å². The van der Waals surface area contributed by atoms with Gasteiger partial charge in [-0.3, -0.25) is 9.55 Å². The first-order chi connectivity index (χ1) is 37.4. The molecule has 0 radical (unpaired) electrons. The molecule has 0 N–H and O–H groups in total. The van der Waals surface area contributed by atoms with Gasteiger partial charge in [0.2, 0.25) is 0 Å². The van der Waals surface area contributed by atoms with Gasteiger partial charge in [-0.1, -0.05) is 190 Å². The van der Waals surface area contributed by atoms with Crippen molar-refractivity contribution in [3.05, 3.63) is 260 Å². The first kappa shape index (κ1) is 43.7. The van der Waals surface area contributed by atoms with E-state index in [9.17, 15) is 0 Å². The van der Waals surface area contributed by atoms with Crippen LogP contribution >= 0.6 is 0 Å². The normalized spacial score (nSPS) is 12.7. The summed E-state index contributed by atoms with van der Waals surface area (Å²) in [7, 11) is 0. The maximum Gasteiger partial charge on any atom is 0.162 e. The highest BCUT2D eigenvalue weighted by molar-refractivity contribution is 6.27. The van der Waals surface area contributed by atoms with Gasteiger partial charge in [-0.15, -0.1) is 0 Å². The molecule has 0 amide bonds. The Balaban J connectivity index is 1.02. The summed E-state index contributed by atoms with van der Waals surface area (Å²) in [4.78, 5) is 22.0. The fourth-order valence-corrected chi connectivity index (χ4v) is 12.2. The van der Waals surface area contributed by atoms with Gasteiger partial charge in [0.15, 0.2) is 5.82 Å². The van der Waals surface area contributed by atoms with Crippen molar-refractivity contribution in [2.45, 2.75) is 19.3 Å². The average molecular weight is 970 g/mol. The lowest BCUT2D eigenvalue weighted by Gasteiger charge is -2.22. The molecule has 76 heavy (non-hydrogen) atoms. The van der Waals surface area contributed by atoms with Crippen LogP contribution in [0.1, 0.15) is 25.0 Å². The van der Waals surface area contributed by atoms with Crippen LogP contribution in [0, 0.1) is 0 Å². The molecule has 14 aromatic rings. The highest BCUT2D eigenvalue weighted by Gasteiger charge is 2.38. The third kappa shape index (κ3) is 6.93. The average Bonchev–Trinajstić information content (AvgIpc) is 4.13. The molecule has 1 aliphatic carbocycles. The summed E-state index contributed by atoms with van der Waals surface area (Å²) in [5, 5.41) is 8.71. The standard InChI is InChI=1S/C71H47N5/c1-71(2)59-33-34-64-68(67(59)58-41-56-54-30-17-15-28-52(54)53-29-16-18-31-55(53)57(56)42-60(58)71)69-65(32-19-35-72-69)76(64)66-43-63(62-40-50(46-24-11-5-12-25-46)39-61(73-62)47-26-13-6-14-27-47)74-70(75-66)51-37-48(44-20-7-3-8-21-44)36-49(38-51)45-22-9-4-10-23-45/h3-43H,1-2H3. The van der Waals surface area contributed by atoms with Crippen molar-refractivity contribution in [2.75, 3.05) is 0 Å². The Morgan fingerprint density at radius 1 is 0.342 bits per heavy atom. The van der Waals surface area contributed by atoms with Crippen molar-refractivity contribution >= 4 is 54.3 Å². The fraction of sp³-hybridized carbons (Fsp3) is 0.0423. The van der Waals surface area contributed by atoms with Crippen LogP contribution in [0.3, 0.4) is 0 Å². The molecule has 356 valence electrons. The van der Waals surface area contributed by atoms with Crippen molar-refractivity contribution in [3.63, 3.8) is 0 Å². The third-order valence-corrected chi connectivity index (χ3v) is 15.8. The molecule has 0 atom stereocenters. The van der Waals surface area contributed by atoms with Gasteiger partial charge >= 0.3 is 0 Å². The summed E-state index contributed by atoms with van der Waals surface area (Å²) < 4.78 is 2.31. The first-order valence-corrected chi connectivity index (χ1v) is 26.0. The number of hydrogen-bond acceptors (Lipinski definition) is 4. The summed E-state index contributed by atoms with van der Waals surface area (Å²) in [6, 6.07) is 86.8. The third-order valence-electron chi connectivity index (χ3n) is 15.8. The summed E-state index contributed by atoms with van der Waals surface area (Å²) in [5.74, 6) is 1.31. The first-order valence-electron chi connectivity index (χ1n) is 26.0.